The molecule has 84 valence electrons. The van der Waals surface area contributed by atoms with Gasteiger partial charge in [0.2, 0.25) is 0 Å². The van der Waals surface area contributed by atoms with E-state index < -0.39 is 0 Å². The summed E-state index contributed by atoms with van der Waals surface area (Å²) >= 11 is 0. The number of anilines is 1. The number of hydrogen-bond donors (Lipinski definition) is 0. The predicted molar refractivity (Wildman–Crippen MR) is 61.8 cm³/mol. The molecule has 2 aliphatic rings. The number of aromatic nitrogens is 3. The van der Waals surface area contributed by atoms with Crippen molar-refractivity contribution in [3.8, 4) is 6.07 Å². The molecule has 2 aromatic rings. The average molecular weight is 225 g/mol. The van der Waals surface area contributed by atoms with Gasteiger partial charge in [-0.25, -0.2) is 4.98 Å². The fourth-order valence-corrected chi connectivity index (χ4v) is 2.60. The highest BCUT2D eigenvalue weighted by Crippen LogP contribution is 2.37. The summed E-state index contributed by atoms with van der Waals surface area (Å²) in [4.78, 5) is 6.76. The molecule has 5 nitrogen and oxygen atoms in total. The molecule has 1 aliphatic heterocycles. The molecule has 1 fully saturated rings. The van der Waals surface area contributed by atoms with Crippen molar-refractivity contribution < 1.29 is 0 Å². The molecule has 0 amide bonds. The average Bonchev–Trinajstić information content (AvgIpc) is 2.97. The zero-order chi connectivity index (χ0) is 11.4. The summed E-state index contributed by atoms with van der Waals surface area (Å²) in [6.07, 6.45) is 7.09. The van der Waals surface area contributed by atoms with Gasteiger partial charge in [0, 0.05) is 24.3 Å². The van der Waals surface area contributed by atoms with E-state index in [9.17, 15) is 0 Å². The number of nitrogens with zero attached hydrogens (tertiary/aromatic N) is 5. The second-order valence-electron chi connectivity index (χ2n) is 4.69. The summed E-state index contributed by atoms with van der Waals surface area (Å²) < 4.78 is 1.83. The van der Waals surface area contributed by atoms with Gasteiger partial charge >= 0.3 is 0 Å². The van der Waals surface area contributed by atoms with Gasteiger partial charge in [0.05, 0.1) is 6.20 Å². The van der Waals surface area contributed by atoms with Gasteiger partial charge in [-0.2, -0.15) is 14.9 Å². The van der Waals surface area contributed by atoms with Crippen LogP contribution in [0.1, 0.15) is 24.0 Å². The van der Waals surface area contributed by atoms with Crippen LogP contribution in [-0.2, 0) is 6.42 Å². The molecule has 1 saturated carbocycles. The van der Waals surface area contributed by atoms with E-state index in [1.807, 2.05) is 10.7 Å². The SMILES string of the molecule is N#Cc1cnn2c3c(cnc12)CCN3C1CC1. The molecule has 1 aliphatic carbocycles. The van der Waals surface area contributed by atoms with Crippen molar-refractivity contribution in [3.05, 3.63) is 23.5 Å². The van der Waals surface area contributed by atoms with Gasteiger partial charge in [-0.3, -0.25) is 0 Å². The standard InChI is InChI=1S/C12H11N5/c13-5-9-7-15-17-11(9)14-6-8-3-4-16(12(8)17)10-1-2-10/h6-7,10H,1-4H2. The van der Waals surface area contributed by atoms with Gasteiger partial charge < -0.3 is 4.90 Å². The largest absolute Gasteiger partial charge is 0.353 e. The van der Waals surface area contributed by atoms with Crippen LogP contribution in [0.15, 0.2) is 12.4 Å². The van der Waals surface area contributed by atoms with Gasteiger partial charge in [-0.05, 0) is 19.3 Å². The Labute approximate surface area is 98.3 Å². The van der Waals surface area contributed by atoms with Crippen molar-refractivity contribution in [2.45, 2.75) is 25.3 Å². The van der Waals surface area contributed by atoms with Gasteiger partial charge in [0.25, 0.3) is 0 Å². The Kier molecular flexibility index (Phi) is 1.57. The molecule has 0 aromatic carbocycles. The van der Waals surface area contributed by atoms with E-state index in [0.29, 0.717) is 17.3 Å². The number of rotatable bonds is 1. The molecular formula is C12H11N5. The first kappa shape index (κ1) is 8.99. The molecule has 0 unspecified atom stereocenters. The number of hydrogen-bond acceptors (Lipinski definition) is 4. The maximum absolute atomic E-state index is 9.00. The van der Waals surface area contributed by atoms with Crippen molar-refractivity contribution in [1.82, 2.24) is 14.6 Å². The molecule has 0 radical (unpaired) electrons. The van der Waals surface area contributed by atoms with Crippen LogP contribution in [0.25, 0.3) is 5.65 Å². The molecule has 0 N–H and O–H groups in total. The quantitative estimate of drug-likeness (QED) is 0.730. The first-order chi connectivity index (χ1) is 8.38. The van der Waals surface area contributed by atoms with Crippen molar-refractivity contribution >= 4 is 11.5 Å². The molecule has 3 heterocycles. The maximum atomic E-state index is 9.00. The third kappa shape index (κ3) is 1.12. The highest BCUT2D eigenvalue weighted by Gasteiger charge is 2.35. The van der Waals surface area contributed by atoms with Crippen LogP contribution in [0.2, 0.25) is 0 Å². The third-order valence-corrected chi connectivity index (χ3v) is 3.58. The van der Waals surface area contributed by atoms with E-state index in [1.165, 1.54) is 18.4 Å². The first-order valence-electron chi connectivity index (χ1n) is 5.91. The van der Waals surface area contributed by atoms with Crippen LogP contribution < -0.4 is 4.90 Å². The normalized spacial score (nSPS) is 18.4. The van der Waals surface area contributed by atoms with E-state index in [0.717, 1.165) is 18.8 Å². The van der Waals surface area contributed by atoms with Crippen LogP contribution >= 0.6 is 0 Å². The molecule has 0 bridgehead atoms. The van der Waals surface area contributed by atoms with E-state index in [1.54, 1.807) is 6.20 Å². The number of nitriles is 1. The lowest BCUT2D eigenvalue weighted by molar-refractivity contribution is 0.794. The highest BCUT2D eigenvalue weighted by atomic mass is 15.4. The zero-order valence-electron chi connectivity index (χ0n) is 9.30. The number of fused-ring (bicyclic) bond motifs is 3. The highest BCUT2D eigenvalue weighted by molar-refractivity contribution is 5.63. The first-order valence-corrected chi connectivity index (χ1v) is 5.91. The molecular weight excluding hydrogens is 214 g/mol. The molecule has 0 saturated heterocycles. The van der Waals surface area contributed by atoms with E-state index in [4.69, 9.17) is 5.26 Å². The summed E-state index contributed by atoms with van der Waals surface area (Å²) in [5.41, 5.74) is 2.48. The van der Waals surface area contributed by atoms with Crippen molar-refractivity contribution in [2.75, 3.05) is 11.4 Å². The Hall–Kier alpha value is -2.09. The summed E-state index contributed by atoms with van der Waals surface area (Å²) in [5, 5.41) is 13.3. The van der Waals surface area contributed by atoms with Crippen LogP contribution in [0.5, 0.6) is 0 Å². The fraction of sp³-hybridized carbons (Fsp3) is 0.417. The van der Waals surface area contributed by atoms with Gasteiger partial charge in [0.1, 0.15) is 17.5 Å². The molecule has 0 spiro atoms. The molecule has 17 heavy (non-hydrogen) atoms. The minimum Gasteiger partial charge on any atom is -0.353 e. The second kappa shape index (κ2) is 2.98. The predicted octanol–water partition coefficient (Wildman–Crippen LogP) is 1.13. The minimum absolute atomic E-state index is 0.551. The Bertz CT molecular complexity index is 647. The minimum atomic E-state index is 0.551. The molecule has 2 aromatic heterocycles. The van der Waals surface area contributed by atoms with Crippen LogP contribution in [0, 0.1) is 11.3 Å². The maximum Gasteiger partial charge on any atom is 0.175 e. The molecule has 5 heteroatoms. The smallest absolute Gasteiger partial charge is 0.175 e. The Morgan fingerprint density at radius 1 is 1.35 bits per heavy atom. The van der Waals surface area contributed by atoms with Gasteiger partial charge in [-0.15, -0.1) is 0 Å². The lowest BCUT2D eigenvalue weighted by Gasteiger charge is -2.18. The van der Waals surface area contributed by atoms with Crippen LogP contribution in [0.3, 0.4) is 0 Å². The second-order valence-corrected chi connectivity index (χ2v) is 4.69. The summed E-state index contributed by atoms with van der Waals surface area (Å²) in [6, 6.07) is 2.81. The molecule has 0 atom stereocenters. The van der Waals surface area contributed by atoms with Crippen molar-refractivity contribution in [3.63, 3.8) is 0 Å². The Morgan fingerprint density at radius 3 is 3.00 bits per heavy atom. The monoisotopic (exact) mass is 225 g/mol. The Morgan fingerprint density at radius 2 is 2.24 bits per heavy atom. The topological polar surface area (TPSA) is 57.2 Å². The Balaban J connectivity index is 2.00. The van der Waals surface area contributed by atoms with E-state index in [-0.39, 0.29) is 0 Å². The third-order valence-electron chi connectivity index (χ3n) is 3.58. The van der Waals surface area contributed by atoms with Crippen LogP contribution in [-0.4, -0.2) is 27.2 Å². The van der Waals surface area contributed by atoms with E-state index >= 15 is 0 Å². The lowest BCUT2D eigenvalue weighted by Crippen LogP contribution is -2.24. The zero-order valence-corrected chi connectivity index (χ0v) is 9.30. The van der Waals surface area contributed by atoms with Crippen molar-refractivity contribution in [2.24, 2.45) is 0 Å². The van der Waals surface area contributed by atoms with Crippen LogP contribution in [0.4, 0.5) is 5.82 Å². The van der Waals surface area contributed by atoms with E-state index in [2.05, 4.69) is 21.1 Å². The van der Waals surface area contributed by atoms with Gasteiger partial charge in [-0.1, -0.05) is 0 Å². The fourth-order valence-electron chi connectivity index (χ4n) is 2.60. The summed E-state index contributed by atoms with van der Waals surface area (Å²) in [6.45, 7) is 1.06. The lowest BCUT2D eigenvalue weighted by atomic mass is 10.3. The van der Waals surface area contributed by atoms with Gasteiger partial charge in [0.15, 0.2) is 5.65 Å². The van der Waals surface area contributed by atoms with Crippen molar-refractivity contribution in [1.29, 1.82) is 5.26 Å². The molecule has 4 rings (SSSR count). The summed E-state index contributed by atoms with van der Waals surface area (Å²) in [7, 11) is 0. The summed E-state index contributed by atoms with van der Waals surface area (Å²) in [5.74, 6) is 1.15.